The molecule has 1 aromatic carbocycles. The maximum atomic E-state index is 12.8. The predicted octanol–water partition coefficient (Wildman–Crippen LogP) is 1.79. The van der Waals surface area contributed by atoms with Gasteiger partial charge in [-0.2, -0.15) is 0 Å². The van der Waals surface area contributed by atoms with Crippen molar-refractivity contribution in [3.8, 4) is 0 Å². The summed E-state index contributed by atoms with van der Waals surface area (Å²) in [6, 6.07) is 6.97. The van der Waals surface area contributed by atoms with Crippen LogP contribution < -0.4 is 5.32 Å². The Kier molecular flexibility index (Phi) is 4.55. The van der Waals surface area contributed by atoms with Crippen LogP contribution in [-0.4, -0.2) is 35.0 Å². The second-order valence-electron chi connectivity index (χ2n) is 5.51. The van der Waals surface area contributed by atoms with Gasteiger partial charge < -0.3 is 15.5 Å². The largest absolute Gasteiger partial charge is 0.394 e. The summed E-state index contributed by atoms with van der Waals surface area (Å²) in [5, 5.41) is 22.1. The van der Waals surface area contributed by atoms with Crippen LogP contribution in [-0.2, 0) is 0 Å². The standard InChI is InChI=1S/C15H22FNO2/c1-2-15(9-18,10-19)17-14-7-12(8-14)11-3-5-13(16)6-4-11/h3-6,12,14,17-19H,2,7-10H2,1H3. The van der Waals surface area contributed by atoms with Crippen LogP contribution in [0, 0.1) is 5.82 Å². The number of hydrogen-bond donors (Lipinski definition) is 3. The Morgan fingerprint density at radius 1 is 1.21 bits per heavy atom. The summed E-state index contributed by atoms with van der Waals surface area (Å²) in [6.07, 6.45) is 2.62. The number of hydrogen-bond acceptors (Lipinski definition) is 3. The quantitative estimate of drug-likeness (QED) is 0.736. The maximum absolute atomic E-state index is 12.8. The molecule has 3 nitrogen and oxygen atoms in total. The first-order valence-electron chi connectivity index (χ1n) is 6.87. The number of nitrogens with one attached hydrogen (secondary N) is 1. The topological polar surface area (TPSA) is 52.5 Å². The van der Waals surface area contributed by atoms with E-state index in [4.69, 9.17) is 0 Å². The molecule has 1 aromatic rings. The Bertz CT molecular complexity index is 389. The zero-order chi connectivity index (χ0) is 13.9. The third-order valence-corrected chi connectivity index (χ3v) is 4.27. The van der Waals surface area contributed by atoms with Crippen molar-refractivity contribution >= 4 is 0 Å². The van der Waals surface area contributed by atoms with Crippen molar-refractivity contribution in [2.45, 2.75) is 43.7 Å². The molecule has 0 unspecified atom stereocenters. The van der Waals surface area contributed by atoms with Gasteiger partial charge in [0.05, 0.1) is 18.8 Å². The molecule has 0 saturated heterocycles. The first-order valence-corrected chi connectivity index (χ1v) is 6.87. The zero-order valence-electron chi connectivity index (χ0n) is 11.3. The molecule has 0 heterocycles. The van der Waals surface area contributed by atoms with E-state index in [1.807, 2.05) is 19.1 Å². The van der Waals surface area contributed by atoms with Gasteiger partial charge in [0.15, 0.2) is 0 Å². The molecule has 2 rings (SSSR count). The average molecular weight is 267 g/mol. The van der Waals surface area contributed by atoms with E-state index in [-0.39, 0.29) is 19.0 Å². The lowest BCUT2D eigenvalue weighted by atomic mass is 9.74. The van der Waals surface area contributed by atoms with Crippen LogP contribution in [0.1, 0.15) is 37.7 Å². The molecule has 1 saturated carbocycles. The predicted molar refractivity (Wildman–Crippen MR) is 72.5 cm³/mol. The van der Waals surface area contributed by atoms with E-state index < -0.39 is 5.54 Å². The van der Waals surface area contributed by atoms with Gasteiger partial charge in [-0.15, -0.1) is 0 Å². The van der Waals surface area contributed by atoms with Gasteiger partial charge in [-0.1, -0.05) is 19.1 Å². The van der Waals surface area contributed by atoms with Crippen LogP contribution in [0.25, 0.3) is 0 Å². The number of rotatable bonds is 6. The second kappa shape index (κ2) is 5.99. The lowest BCUT2D eigenvalue weighted by molar-refractivity contribution is 0.0627. The molecule has 4 heteroatoms. The van der Waals surface area contributed by atoms with Crippen LogP contribution in [0.15, 0.2) is 24.3 Å². The van der Waals surface area contributed by atoms with Crippen molar-refractivity contribution in [2.75, 3.05) is 13.2 Å². The fourth-order valence-electron chi connectivity index (χ4n) is 2.64. The summed E-state index contributed by atoms with van der Waals surface area (Å²) < 4.78 is 12.8. The van der Waals surface area contributed by atoms with Gasteiger partial charge in [-0.25, -0.2) is 4.39 Å². The van der Waals surface area contributed by atoms with Crippen molar-refractivity contribution in [3.63, 3.8) is 0 Å². The molecule has 3 N–H and O–H groups in total. The monoisotopic (exact) mass is 267 g/mol. The van der Waals surface area contributed by atoms with Crippen LogP contribution in [0.4, 0.5) is 4.39 Å². The van der Waals surface area contributed by atoms with E-state index in [0.29, 0.717) is 18.4 Å². The van der Waals surface area contributed by atoms with Crippen molar-refractivity contribution in [3.05, 3.63) is 35.6 Å². The number of aliphatic hydroxyl groups is 2. The molecule has 106 valence electrons. The minimum Gasteiger partial charge on any atom is -0.394 e. The lowest BCUT2D eigenvalue weighted by Gasteiger charge is -2.43. The van der Waals surface area contributed by atoms with E-state index >= 15 is 0 Å². The molecular weight excluding hydrogens is 245 g/mol. The lowest BCUT2D eigenvalue weighted by Crippen LogP contribution is -2.58. The minimum absolute atomic E-state index is 0.0578. The van der Waals surface area contributed by atoms with E-state index in [1.54, 1.807) is 0 Å². The van der Waals surface area contributed by atoms with Crippen molar-refractivity contribution in [1.29, 1.82) is 0 Å². The first-order chi connectivity index (χ1) is 9.12. The molecule has 0 radical (unpaired) electrons. The average Bonchev–Trinajstić information content (AvgIpc) is 2.40. The van der Waals surface area contributed by atoms with Gasteiger partial charge in [0.2, 0.25) is 0 Å². The van der Waals surface area contributed by atoms with Crippen molar-refractivity contribution < 1.29 is 14.6 Å². The highest BCUT2D eigenvalue weighted by Gasteiger charge is 2.36. The highest BCUT2D eigenvalue weighted by molar-refractivity contribution is 5.23. The molecular formula is C15H22FNO2. The smallest absolute Gasteiger partial charge is 0.123 e. The van der Waals surface area contributed by atoms with Crippen LogP contribution in [0.5, 0.6) is 0 Å². The summed E-state index contributed by atoms with van der Waals surface area (Å²) in [4.78, 5) is 0. The SMILES string of the molecule is CCC(CO)(CO)NC1CC(c2ccc(F)cc2)C1. The Balaban J connectivity index is 1.87. The molecule has 0 amide bonds. The fourth-order valence-corrected chi connectivity index (χ4v) is 2.64. The Labute approximate surface area is 113 Å². The maximum Gasteiger partial charge on any atom is 0.123 e. The Hall–Kier alpha value is -0.970. The third kappa shape index (κ3) is 3.14. The van der Waals surface area contributed by atoms with E-state index in [1.165, 1.54) is 12.1 Å². The zero-order valence-corrected chi connectivity index (χ0v) is 11.3. The molecule has 0 spiro atoms. The summed E-state index contributed by atoms with van der Waals surface area (Å²) in [6.45, 7) is 1.84. The normalized spacial score (nSPS) is 23.2. The van der Waals surface area contributed by atoms with Gasteiger partial charge in [0, 0.05) is 6.04 Å². The highest BCUT2D eigenvalue weighted by Crippen LogP contribution is 2.37. The second-order valence-corrected chi connectivity index (χ2v) is 5.51. The number of halogens is 1. The highest BCUT2D eigenvalue weighted by atomic mass is 19.1. The molecule has 0 aliphatic heterocycles. The van der Waals surface area contributed by atoms with Crippen molar-refractivity contribution in [2.24, 2.45) is 0 Å². The van der Waals surface area contributed by atoms with E-state index in [2.05, 4.69) is 5.32 Å². The summed E-state index contributed by atoms with van der Waals surface area (Å²) in [5.41, 5.74) is 0.591. The Morgan fingerprint density at radius 3 is 2.26 bits per heavy atom. The van der Waals surface area contributed by atoms with Crippen LogP contribution in [0.3, 0.4) is 0 Å². The summed E-state index contributed by atoms with van der Waals surface area (Å²) in [7, 11) is 0. The minimum atomic E-state index is -0.571. The molecule has 0 aromatic heterocycles. The number of benzene rings is 1. The van der Waals surface area contributed by atoms with Crippen molar-refractivity contribution in [1.82, 2.24) is 5.32 Å². The first kappa shape index (κ1) is 14.4. The van der Waals surface area contributed by atoms with Gasteiger partial charge in [-0.05, 0) is 42.9 Å². The van der Waals surface area contributed by atoms with Gasteiger partial charge in [0.25, 0.3) is 0 Å². The molecule has 0 bridgehead atoms. The van der Waals surface area contributed by atoms with Gasteiger partial charge in [0.1, 0.15) is 5.82 Å². The molecule has 19 heavy (non-hydrogen) atoms. The summed E-state index contributed by atoms with van der Waals surface area (Å²) in [5.74, 6) is 0.244. The molecule has 1 aliphatic rings. The van der Waals surface area contributed by atoms with E-state index in [0.717, 1.165) is 18.4 Å². The Morgan fingerprint density at radius 2 is 1.79 bits per heavy atom. The van der Waals surface area contributed by atoms with Gasteiger partial charge >= 0.3 is 0 Å². The summed E-state index contributed by atoms with van der Waals surface area (Å²) >= 11 is 0. The molecule has 1 fully saturated rings. The molecule has 1 aliphatic carbocycles. The van der Waals surface area contributed by atoms with E-state index in [9.17, 15) is 14.6 Å². The molecule has 0 atom stereocenters. The fraction of sp³-hybridized carbons (Fsp3) is 0.600. The van der Waals surface area contributed by atoms with Crippen LogP contribution >= 0.6 is 0 Å². The van der Waals surface area contributed by atoms with Gasteiger partial charge in [-0.3, -0.25) is 0 Å². The number of aliphatic hydroxyl groups excluding tert-OH is 2. The van der Waals surface area contributed by atoms with Crippen LogP contribution in [0.2, 0.25) is 0 Å². The third-order valence-electron chi connectivity index (χ3n) is 4.27.